The molecule has 0 aliphatic heterocycles. The molecule has 2 aromatic heterocycles. The number of guanidine groups is 1. The van der Waals surface area contributed by atoms with Crippen LogP contribution in [0.15, 0.2) is 29.4 Å². The maximum atomic E-state index is 4.58. The predicted octanol–water partition coefficient (Wildman–Crippen LogP) is 1.72. The fraction of sp³-hybridized carbons (Fsp3) is 0.429. The molecule has 2 heterocycles. The van der Waals surface area contributed by atoms with Crippen molar-refractivity contribution in [1.29, 1.82) is 0 Å². The lowest BCUT2D eigenvalue weighted by molar-refractivity contribution is 0.697. The van der Waals surface area contributed by atoms with E-state index in [4.69, 9.17) is 0 Å². The summed E-state index contributed by atoms with van der Waals surface area (Å²) in [5.41, 5.74) is 3.16. The van der Waals surface area contributed by atoms with Gasteiger partial charge in [0.15, 0.2) is 5.96 Å². The SMILES string of the molecule is CN=C(NCc1cn2c(C)cccc2n1)NC(C)C. The van der Waals surface area contributed by atoms with Crippen LogP contribution in [-0.2, 0) is 6.54 Å². The Kier molecular flexibility index (Phi) is 4.04. The van der Waals surface area contributed by atoms with Gasteiger partial charge in [-0.25, -0.2) is 4.98 Å². The molecule has 0 saturated heterocycles. The standard InChI is InChI=1S/C14H21N5/c1-10(2)17-14(15-4)16-8-12-9-19-11(3)6-5-7-13(19)18-12/h5-7,9-10H,8H2,1-4H3,(H2,15,16,17). The highest BCUT2D eigenvalue weighted by atomic mass is 15.2. The van der Waals surface area contributed by atoms with Crippen LogP contribution in [-0.4, -0.2) is 28.4 Å². The van der Waals surface area contributed by atoms with Gasteiger partial charge in [-0.15, -0.1) is 0 Å². The first-order valence-corrected chi connectivity index (χ1v) is 6.51. The fourth-order valence-corrected chi connectivity index (χ4v) is 1.93. The Labute approximate surface area is 113 Å². The third-order valence-electron chi connectivity index (χ3n) is 2.83. The van der Waals surface area contributed by atoms with Crippen LogP contribution >= 0.6 is 0 Å². The average molecular weight is 259 g/mol. The predicted molar refractivity (Wildman–Crippen MR) is 78.4 cm³/mol. The Morgan fingerprint density at radius 3 is 2.84 bits per heavy atom. The second kappa shape index (κ2) is 5.73. The van der Waals surface area contributed by atoms with E-state index in [-0.39, 0.29) is 0 Å². The molecule has 0 saturated carbocycles. The number of hydrogen-bond acceptors (Lipinski definition) is 2. The van der Waals surface area contributed by atoms with E-state index in [9.17, 15) is 0 Å². The number of rotatable bonds is 3. The van der Waals surface area contributed by atoms with Crippen molar-refractivity contribution < 1.29 is 0 Å². The smallest absolute Gasteiger partial charge is 0.191 e. The lowest BCUT2D eigenvalue weighted by Crippen LogP contribution is -2.40. The monoisotopic (exact) mass is 259 g/mol. The highest BCUT2D eigenvalue weighted by Gasteiger charge is 2.04. The number of aliphatic imine (C=N–C) groups is 1. The minimum atomic E-state index is 0.356. The molecular formula is C14H21N5. The summed E-state index contributed by atoms with van der Waals surface area (Å²) in [6.07, 6.45) is 2.06. The molecular weight excluding hydrogens is 238 g/mol. The quantitative estimate of drug-likeness (QED) is 0.652. The summed E-state index contributed by atoms with van der Waals surface area (Å²) < 4.78 is 2.09. The lowest BCUT2D eigenvalue weighted by Gasteiger charge is -2.13. The van der Waals surface area contributed by atoms with Crippen molar-refractivity contribution in [2.24, 2.45) is 4.99 Å². The first-order chi connectivity index (χ1) is 9.10. The summed E-state index contributed by atoms with van der Waals surface area (Å²) in [5, 5.41) is 6.51. The van der Waals surface area contributed by atoms with Crippen LogP contribution in [0.3, 0.4) is 0 Å². The number of imidazole rings is 1. The molecule has 0 aromatic carbocycles. The van der Waals surface area contributed by atoms with Crippen LogP contribution in [0, 0.1) is 6.92 Å². The summed E-state index contributed by atoms with van der Waals surface area (Å²) in [6.45, 7) is 6.90. The highest BCUT2D eigenvalue weighted by molar-refractivity contribution is 5.79. The first kappa shape index (κ1) is 13.4. The third kappa shape index (κ3) is 3.24. The molecule has 2 rings (SSSR count). The van der Waals surface area contributed by atoms with Gasteiger partial charge >= 0.3 is 0 Å². The summed E-state index contributed by atoms with van der Waals surface area (Å²) in [5.74, 6) is 0.795. The number of pyridine rings is 1. The van der Waals surface area contributed by atoms with Gasteiger partial charge < -0.3 is 15.0 Å². The molecule has 0 radical (unpaired) electrons. The Morgan fingerprint density at radius 1 is 1.42 bits per heavy atom. The molecule has 0 fully saturated rings. The number of fused-ring (bicyclic) bond motifs is 1. The van der Waals surface area contributed by atoms with Crippen molar-refractivity contribution >= 4 is 11.6 Å². The van der Waals surface area contributed by atoms with E-state index in [1.807, 2.05) is 12.1 Å². The van der Waals surface area contributed by atoms with Gasteiger partial charge in [0.1, 0.15) is 5.65 Å². The first-order valence-electron chi connectivity index (χ1n) is 6.51. The van der Waals surface area contributed by atoms with Gasteiger partial charge in [0.25, 0.3) is 0 Å². The average Bonchev–Trinajstić information content (AvgIpc) is 2.78. The van der Waals surface area contributed by atoms with Crippen molar-refractivity contribution in [2.75, 3.05) is 7.05 Å². The fourth-order valence-electron chi connectivity index (χ4n) is 1.93. The van der Waals surface area contributed by atoms with E-state index in [1.54, 1.807) is 7.05 Å². The highest BCUT2D eigenvalue weighted by Crippen LogP contribution is 2.08. The van der Waals surface area contributed by atoms with Gasteiger partial charge in [-0.1, -0.05) is 6.07 Å². The molecule has 19 heavy (non-hydrogen) atoms. The van der Waals surface area contributed by atoms with Crippen molar-refractivity contribution in [2.45, 2.75) is 33.4 Å². The molecule has 0 unspecified atom stereocenters. The molecule has 0 atom stereocenters. The molecule has 0 aliphatic carbocycles. The van der Waals surface area contributed by atoms with Gasteiger partial charge in [-0.2, -0.15) is 0 Å². The van der Waals surface area contributed by atoms with E-state index in [0.29, 0.717) is 12.6 Å². The van der Waals surface area contributed by atoms with Crippen LogP contribution < -0.4 is 10.6 Å². The lowest BCUT2D eigenvalue weighted by atomic mass is 10.4. The number of hydrogen-bond donors (Lipinski definition) is 2. The van der Waals surface area contributed by atoms with Crippen LogP contribution in [0.1, 0.15) is 25.2 Å². The van der Waals surface area contributed by atoms with Gasteiger partial charge in [0.05, 0.1) is 12.2 Å². The maximum absolute atomic E-state index is 4.58. The van der Waals surface area contributed by atoms with E-state index < -0.39 is 0 Å². The van der Waals surface area contributed by atoms with Crippen LogP contribution in [0.5, 0.6) is 0 Å². The Hall–Kier alpha value is -2.04. The third-order valence-corrected chi connectivity index (χ3v) is 2.83. The Morgan fingerprint density at radius 2 is 2.21 bits per heavy atom. The van der Waals surface area contributed by atoms with Crippen molar-refractivity contribution in [3.63, 3.8) is 0 Å². The molecule has 0 bridgehead atoms. The molecule has 5 heteroatoms. The maximum Gasteiger partial charge on any atom is 0.191 e. The zero-order valence-corrected chi connectivity index (χ0v) is 11.9. The molecule has 102 valence electrons. The molecule has 2 aromatic rings. The zero-order chi connectivity index (χ0) is 13.8. The topological polar surface area (TPSA) is 53.7 Å². The van der Waals surface area contributed by atoms with Gasteiger partial charge in [-0.05, 0) is 32.9 Å². The second-order valence-electron chi connectivity index (χ2n) is 4.85. The largest absolute Gasteiger partial charge is 0.354 e. The summed E-state index contributed by atoms with van der Waals surface area (Å²) >= 11 is 0. The molecule has 0 spiro atoms. The van der Waals surface area contributed by atoms with E-state index in [1.165, 1.54) is 5.69 Å². The van der Waals surface area contributed by atoms with Crippen molar-refractivity contribution in [3.8, 4) is 0 Å². The summed E-state index contributed by atoms with van der Waals surface area (Å²) in [7, 11) is 1.77. The van der Waals surface area contributed by atoms with Crippen LogP contribution in [0.25, 0.3) is 5.65 Å². The van der Waals surface area contributed by atoms with Crippen LogP contribution in [0.2, 0.25) is 0 Å². The van der Waals surface area contributed by atoms with Crippen molar-refractivity contribution in [1.82, 2.24) is 20.0 Å². The molecule has 2 N–H and O–H groups in total. The van der Waals surface area contributed by atoms with Gasteiger partial charge in [0.2, 0.25) is 0 Å². The Bertz CT molecular complexity index is 583. The second-order valence-corrected chi connectivity index (χ2v) is 4.85. The van der Waals surface area contributed by atoms with E-state index in [0.717, 1.165) is 17.3 Å². The van der Waals surface area contributed by atoms with E-state index in [2.05, 4.69) is 58.0 Å². The number of aromatic nitrogens is 2. The molecule has 0 amide bonds. The number of aryl methyl sites for hydroxylation is 1. The minimum Gasteiger partial charge on any atom is -0.354 e. The molecule has 5 nitrogen and oxygen atoms in total. The normalized spacial score (nSPS) is 12.2. The van der Waals surface area contributed by atoms with E-state index >= 15 is 0 Å². The zero-order valence-electron chi connectivity index (χ0n) is 11.9. The minimum absolute atomic E-state index is 0.356. The number of nitrogens with one attached hydrogen (secondary N) is 2. The number of nitrogens with zero attached hydrogens (tertiary/aromatic N) is 3. The Balaban J connectivity index is 2.07. The summed E-state index contributed by atoms with van der Waals surface area (Å²) in [6, 6.07) is 6.46. The van der Waals surface area contributed by atoms with Crippen LogP contribution in [0.4, 0.5) is 0 Å². The van der Waals surface area contributed by atoms with Crippen molar-refractivity contribution in [3.05, 3.63) is 35.8 Å². The molecule has 0 aliphatic rings. The van der Waals surface area contributed by atoms with Gasteiger partial charge in [0, 0.05) is 25.0 Å². The van der Waals surface area contributed by atoms with Gasteiger partial charge in [-0.3, -0.25) is 4.99 Å². The summed E-state index contributed by atoms with van der Waals surface area (Å²) in [4.78, 5) is 8.75.